The van der Waals surface area contributed by atoms with Gasteiger partial charge in [0.05, 0.1) is 0 Å². The molecule has 1 rings (SSSR count). The van der Waals surface area contributed by atoms with Gasteiger partial charge in [-0.1, -0.05) is 15.9 Å². The molecule has 0 amide bonds. The van der Waals surface area contributed by atoms with Crippen LogP contribution in [0, 0.1) is 0 Å². The Labute approximate surface area is 70.5 Å². The van der Waals surface area contributed by atoms with Crippen LogP contribution in [-0.2, 0) is 4.74 Å². The molecule has 2 nitrogen and oxygen atoms in total. The monoisotopic (exact) mass is 207 g/mol. The van der Waals surface area contributed by atoms with Gasteiger partial charge in [-0.3, -0.25) is 5.32 Å². The number of ether oxygens (including phenoxy) is 1. The zero-order valence-corrected chi connectivity index (χ0v) is 8.02. The highest BCUT2D eigenvalue weighted by molar-refractivity contribution is 9.09. The van der Waals surface area contributed by atoms with Crippen LogP contribution in [0.3, 0.4) is 0 Å². The van der Waals surface area contributed by atoms with E-state index in [1.807, 2.05) is 0 Å². The van der Waals surface area contributed by atoms with Gasteiger partial charge in [0.15, 0.2) is 0 Å². The molecule has 0 aliphatic carbocycles. The third-order valence-corrected chi connectivity index (χ3v) is 3.23. The van der Waals surface area contributed by atoms with Crippen LogP contribution >= 0.6 is 15.9 Å². The number of hydrogen-bond donors (Lipinski definition) is 1. The molecule has 0 aromatic rings. The number of halogens is 1. The Morgan fingerprint density at radius 1 is 1.50 bits per heavy atom. The molecule has 10 heavy (non-hydrogen) atoms. The molecule has 1 aliphatic heterocycles. The lowest BCUT2D eigenvalue weighted by Crippen LogP contribution is -2.47. The Morgan fingerprint density at radius 2 is 2.20 bits per heavy atom. The number of nitrogens with one attached hydrogen (secondary N) is 1. The molecule has 0 aromatic heterocycles. The van der Waals surface area contributed by atoms with Crippen LogP contribution in [0.1, 0.15) is 19.8 Å². The maximum absolute atomic E-state index is 5.18. The molecule has 0 saturated carbocycles. The van der Waals surface area contributed by atoms with E-state index in [1.54, 1.807) is 7.11 Å². The summed E-state index contributed by atoms with van der Waals surface area (Å²) in [6, 6.07) is 0.527. The van der Waals surface area contributed by atoms with E-state index in [-0.39, 0.29) is 6.23 Å². The second kappa shape index (κ2) is 3.69. The molecule has 1 fully saturated rings. The molecule has 1 heterocycles. The molecule has 60 valence electrons. The molecule has 1 N–H and O–H groups in total. The van der Waals surface area contributed by atoms with Crippen molar-refractivity contribution in [2.45, 2.75) is 36.9 Å². The molecule has 1 aliphatic rings. The predicted octanol–water partition coefficient (Wildman–Crippen LogP) is 1.49. The van der Waals surface area contributed by atoms with E-state index in [0.29, 0.717) is 10.9 Å². The zero-order chi connectivity index (χ0) is 7.56. The summed E-state index contributed by atoms with van der Waals surface area (Å²) in [6.07, 6.45) is 2.58. The van der Waals surface area contributed by atoms with Gasteiger partial charge in [-0.25, -0.2) is 0 Å². The molecular formula is C7H14BrNO. The quantitative estimate of drug-likeness (QED) is 0.659. The molecule has 0 aromatic carbocycles. The van der Waals surface area contributed by atoms with E-state index < -0.39 is 0 Å². The number of alkyl halides is 1. The van der Waals surface area contributed by atoms with E-state index in [1.165, 1.54) is 6.42 Å². The fourth-order valence-corrected chi connectivity index (χ4v) is 1.64. The van der Waals surface area contributed by atoms with Crippen molar-refractivity contribution in [3.8, 4) is 0 Å². The minimum atomic E-state index is 0.267. The Bertz CT molecular complexity index is 110. The van der Waals surface area contributed by atoms with Crippen LogP contribution in [0.4, 0.5) is 0 Å². The van der Waals surface area contributed by atoms with Gasteiger partial charge in [0, 0.05) is 18.0 Å². The number of hydrogen-bond acceptors (Lipinski definition) is 2. The second-order valence-corrected chi connectivity index (χ2v) is 3.95. The smallest absolute Gasteiger partial charge is 0.108 e. The summed E-state index contributed by atoms with van der Waals surface area (Å²) in [5.41, 5.74) is 0. The van der Waals surface area contributed by atoms with Gasteiger partial charge >= 0.3 is 0 Å². The molecular weight excluding hydrogens is 194 g/mol. The average molecular weight is 208 g/mol. The highest BCUT2D eigenvalue weighted by atomic mass is 79.9. The number of piperidine rings is 1. The first-order valence-corrected chi connectivity index (χ1v) is 4.58. The summed E-state index contributed by atoms with van der Waals surface area (Å²) in [5.74, 6) is 0. The first-order valence-electron chi connectivity index (χ1n) is 3.67. The Balaban J connectivity index is 2.33. The summed E-state index contributed by atoms with van der Waals surface area (Å²) in [4.78, 5) is 0.610. The van der Waals surface area contributed by atoms with E-state index in [0.717, 1.165) is 6.42 Å². The fraction of sp³-hybridized carbons (Fsp3) is 1.00. The minimum absolute atomic E-state index is 0.267. The maximum Gasteiger partial charge on any atom is 0.108 e. The Morgan fingerprint density at radius 3 is 2.70 bits per heavy atom. The summed E-state index contributed by atoms with van der Waals surface area (Å²) in [6.45, 7) is 2.17. The molecule has 1 saturated heterocycles. The van der Waals surface area contributed by atoms with E-state index in [2.05, 4.69) is 28.2 Å². The zero-order valence-electron chi connectivity index (χ0n) is 6.43. The molecule has 0 spiro atoms. The first kappa shape index (κ1) is 8.50. The van der Waals surface area contributed by atoms with Gasteiger partial charge in [-0.05, 0) is 19.8 Å². The topological polar surface area (TPSA) is 21.3 Å². The first-order chi connectivity index (χ1) is 4.74. The van der Waals surface area contributed by atoms with Gasteiger partial charge in [-0.2, -0.15) is 0 Å². The third kappa shape index (κ3) is 1.94. The van der Waals surface area contributed by atoms with Crippen molar-refractivity contribution < 1.29 is 4.74 Å². The van der Waals surface area contributed by atoms with E-state index in [4.69, 9.17) is 4.74 Å². The number of methoxy groups -OCH3 is 1. The normalized spacial score (nSPS) is 41.7. The highest BCUT2D eigenvalue weighted by Crippen LogP contribution is 2.19. The lowest BCUT2D eigenvalue weighted by molar-refractivity contribution is 0.0414. The molecule has 3 heteroatoms. The van der Waals surface area contributed by atoms with Crippen LogP contribution in [0.25, 0.3) is 0 Å². The van der Waals surface area contributed by atoms with Crippen molar-refractivity contribution in [1.29, 1.82) is 0 Å². The molecule has 3 unspecified atom stereocenters. The summed E-state index contributed by atoms with van der Waals surface area (Å²) in [5, 5.41) is 3.35. The highest BCUT2D eigenvalue weighted by Gasteiger charge is 2.23. The van der Waals surface area contributed by atoms with Crippen LogP contribution in [0.15, 0.2) is 0 Å². The lowest BCUT2D eigenvalue weighted by Gasteiger charge is -2.31. The third-order valence-electron chi connectivity index (χ3n) is 1.98. The molecule has 3 atom stereocenters. The fourth-order valence-electron chi connectivity index (χ4n) is 1.23. The predicted molar refractivity (Wildman–Crippen MR) is 45.3 cm³/mol. The minimum Gasteiger partial charge on any atom is -0.367 e. The van der Waals surface area contributed by atoms with Crippen molar-refractivity contribution in [3.05, 3.63) is 0 Å². The second-order valence-electron chi connectivity index (χ2n) is 2.77. The standard InChI is InChI=1S/C7H14BrNO/c1-5-6(8)3-4-7(9-5)10-2/h5-7,9H,3-4H2,1-2H3. The SMILES string of the molecule is COC1CCC(Br)C(C)N1. The van der Waals surface area contributed by atoms with Gasteiger partial charge in [0.1, 0.15) is 6.23 Å². The van der Waals surface area contributed by atoms with Crippen molar-refractivity contribution in [1.82, 2.24) is 5.32 Å². The van der Waals surface area contributed by atoms with Crippen molar-refractivity contribution in [2.24, 2.45) is 0 Å². The summed E-state index contributed by atoms with van der Waals surface area (Å²) >= 11 is 3.59. The lowest BCUT2D eigenvalue weighted by atomic mass is 10.1. The van der Waals surface area contributed by atoms with Crippen LogP contribution in [0.5, 0.6) is 0 Å². The largest absolute Gasteiger partial charge is 0.367 e. The van der Waals surface area contributed by atoms with E-state index in [9.17, 15) is 0 Å². The van der Waals surface area contributed by atoms with Crippen LogP contribution < -0.4 is 5.32 Å². The Hall–Kier alpha value is 0.400. The van der Waals surface area contributed by atoms with Gasteiger partial charge < -0.3 is 4.74 Å². The Kier molecular flexibility index (Phi) is 3.14. The summed E-state index contributed by atoms with van der Waals surface area (Å²) in [7, 11) is 1.75. The molecule has 0 radical (unpaired) electrons. The molecule has 0 bridgehead atoms. The summed E-state index contributed by atoms with van der Waals surface area (Å²) < 4.78 is 5.18. The van der Waals surface area contributed by atoms with Gasteiger partial charge in [0.25, 0.3) is 0 Å². The van der Waals surface area contributed by atoms with Crippen molar-refractivity contribution in [3.63, 3.8) is 0 Å². The number of rotatable bonds is 1. The average Bonchev–Trinajstić information content (AvgIpc) is 1.95. The van der Waals surface area contributed by atoms with Crippen LogP contribution in [0.2, 0.25) is 0 Å². The van der Waals surface area contributed by atoms with Crippen molar-refractivity contribution in [2.75, 3.05) is 7.11 Å². The van der Waals surface area contributed by atoms with E-state index >= 15 is 0 Å². The van der Waals surface area contributed by atoms with Gasteiger partial charge in [-0.15, -0.1) is 0 Å². The van der Waals surface area contributed by atoms with Crippen LogP contribution in [-0.4, -0.2) is 24.2 Å². The van der Waals surface area contributed by atoms with Crippen molar-refractivity contribution >= 4 is 15.9 Å². The van der Waals surface area contributed by atoms with Gasteiger partial charge in [0.2, 0.25) is 0 Å². The maximum atomic E-state index is 5.18.